The summed E-state index contributed by atoms with van der Waals surface area (Å²) in [7, 11) is 1.77. The molecule has 122 valence electrons. The monoisotopic (exact) mass is 401 g/mol. The molecule has 8 heteroatoms. The number of aromatic nitrogens is 2. The summed E-state index contributed by atoms with van der Waals surface area (Å²) in [5.74, 6) is -2.00. The molecule has 1 aromatic heterocycles. The summed E-state index contributed by atoms with van der Waals surface area (Å²) in [5, 5.41) is 0. The van der Waals surface area contributed by atoms with Gasteiger partial charge in [0.1, 0.15) is 11.6 Å². The van der Waals surface area contributed by atoms with Crippen molar-refractivity contribution in [2.45, 2.75) is 25.3 Å². The zero-order valence-corrected chi connectivity index (χ0v) is 14.7. The van der Waals surface area contributed by atoms with Crippen LogP contribution in [0.25, 0.3) is 0 Å². The van der Waals surface area contributed by atoms with Gasteiger partial charge in [-0.3, -0.25) is 4.79 Å². The topological polar surface area (TPSA) is 52.9 Å². The number of imidazole rings is 1. The molecule has 2 N–H and O–H groups in total. The largest absolute Gasteiger partial charge is 0.369 e. The van der Waals surface area contributed by atoms with Gasteiger partial charge in [0.2, 0.25) is 5.91 Å². The Morgan fingerprint density at radius 3 is 2.83 bits per heavy atom. The molecule has 0 fully saturated rings. The average molecular weight is 402 g/mol. The molecule has 0 aliphatic carbocycles. The SMILES string of the molecule is Cn1c(CC(N)=O)c2n(c1=S)C[C@H](c1c(F)ccc(Br)c1F)C2. The van der Waals surface area contributed by atoms with Crippen LogP contribution in [0, 0.1) is 16.4 Å². The molecule has 0 unspecified atom stereocenters. The molecule has 4 nitrogen and oxygen atoms in total. The first kappa shape index (κ1) is 16.3. The lowest BCUT2D eigenvalue weighted by Crippen LogP contribution is -2.17. The fraction of sp³-hybridized carbons (Fsp3) is 0.333. The van der Waals surface area contributed by atoms with E-state index < -0.39 is 17.5 Å². The third kappa shape index (κ3) is 2.63. The van der Waals surface area contributed by atoms with Gasteiger partial charge in [0.25, 0.3) is 0 Å². The van der Waals surface area contributed by atoms with Crippen LogP contribution in [0.3, 0.4) is 0 Å². The molecule has 2 aromatic rings. The van der Waals surface area contributed by atoms with Crippen LogP contribution >= 0.6 is 28.1 Å². The summed E-state index contributed by atoms with van der Waals surface area (Å²) in [6.45, 7) is 0.380. The molecule has 23 heavy (non-hydrogen) atoms. The van der Waals surface area contributed by atoms with Gasteiger partial charge < -0.3 is 14.9 Å². The van der Waals surface area contributed by atoms with Crippen molar-refractivity contribution in [3.63, 3.8) is 0 Å². The number of amides is 1. The van der Waals surface area contributed by atoms with Crippen molar-refractivity contribution in [3.05, 3.63) is 50.0 Å². The van der Waals surface area contributed by atoms with E-state index in [1.54, 1.807) is 11.6 Å². The van der Waals surface area contributed by atoms with E-state index in [0.29, 0.717) is 23.4 Å². The van der Waals surface area contributed by atoms with Crippen LogP contribution in [-0.2, 0) is 31.2 Å². The van der Waals surface area contributed by atoms with E-state index in [9.17, 15) is 13.6 Å². The van der Waals surface area contributed by atoms with E-state index in [-0.39, 0.29) is 22.4 Å². The molecule has 2 heterocycles. The number of benzene rings is 1. The standard InChI is InChI=1S/C15H14BrF2N3OS/c1-20-10(5-12(19)22)11-4-7(6-21(11)15(20)23)13-9(17)3-2-8(16)14(13)18/h2-3,7H,4-6H2,1H3,(H2,19,22)/t7-/m1/s1. The average Bonchev–Trinajstić information content (AvgIpc) is 2.99. The molecule has 0 radical (unpaired) electrons. The Kier molecular flexibility index (Phi) is 4.14. The van der Waals surface area contributed by atoms with Gasteiger partial charge in [0, 0.05) is 36.5 Å². The van der Waals surface area contributed by atoms with Crippen LogP contribution in [0.1, 0.15) is 22.9 Å². The predicted octanol–water partition coefficient (Wildman–Crippen LogP) is 2.96. The molecule has 1 amide bonds. The van der Waals surface area contributed by atoms with Crippen molar-refractivity contribution >= 4 is 34.1 Å². The lowest BCUT2D eigenvalue weighted by Gasteiger charge is -2.14. The van der Waals surface area contributed by atoms with E-state index in [0.717, 1.165) is 5.69 Å². The summed E-state index contributed by atoms with van der Waals surface area (Å²) in [5.41, 5.74) is 6.86. The van der Waals surface area contributed by atoms with Gasteiger partial charge in [-0.25, -0.2) is 8.78 Å². The molecule has 0 bridgehead atoms. The lowest BCUT2D eigenvalue weighted by atomic mass is 9.95. The van der Waals surface area contributed by atoms with Crippen LogP contribution in [0.15, 0.2) is 16.6 Å². The second-order valence-electron chi connectivity index (χ2n) is 5.65. The molecule has 1 aromatic carbocycles. The number of carbonyl (C=O) groups is 1. The molecule has 3 rings (SSSR count). The van der Waals surface area contributed by atoms with Crippen molar-refractivity contribution < 1.29 is 13.6 Å². The number of halogens is 3. The number of fused-ring (bicyclic) bond motifs is 1. The van der Waals surface area contributed by atoms with Crippen LogP contribution in [0.5, 0.6) is 0 Å². The molecule has 0 saturated heterocycles. The lowest BCUT2D eigenvalue weighted by molar-refractivity contribution is -0.117. The quantitative estimate of drug-likeness (QED) is 0.634. The summed E-state index contributed by atoms with van der Waals surface area (Å²) in [4.78, 5) is 11.3. The first-order chi connectivity index (χ1) is 10.8. The predicted molar refractivity (Wildman–Crippen MR) is 87.6 cm³/mol. The third-order valence-corrected chi connectivity index (χ3v) is 5.36. The van der Waals surface area contributed by atoms with Gasteiger partial charge in [-0.1, -0.05) is 0 Å². The van der Waals surface area contributed by atoms with Gasteiger partial charge in [0.15, 0.2) is 4.77 Å². The van der Waals surface area contributed by atoms with Gasteiger partial charge in [-0.05, 0) is 46.7 Å². The molecule has 1 atom stereocenters. The third-order valence-electron chi connectivity index (χ3n) is 4.25. The Bertz CT molecular complexity index is 875. The first-order valence-corrected chi connectivity index (χ1v) is 8.20. The molecule has 0 spiro atoms. The molecule has 1 aliphatic heterocycles. The maximum absolute atomic E-state index is 14.3. The zero-order valence-electron chi connectivity index (χ0n) is 12.3. The Labute approximate surface area is 145 Å². The second-order valence-corrected chi connectivity index (χ2v) is 6.87. The number of carbonyl (C=O) groups excluding carboxylic acids is 1. The Hall–Kier alpha value is -1.54. The molecular formula is C15H14BrF2N3OS. The normalized spacial score (nSPS) is 16.6. The van der Waals surface area contributed by atoms with Crippen molar-refractivity contribution in [1.82, 2.24) is 9.13 Å². The minimum absolute atomic E-state index is 0.0464. The maximum atomic E-state index is 14.3. The van der Waals surface area contributed by atoms with Gasteiger partial charge >= 0.3 is 0 Å². The van der Waals surface area contributed by atoms with Crippen LogP contribution in [0.2, 0.25) is 0 Å². The van der Waals surface area contributed by atoms with Gasteiger partial charge in [-0.15, -0.1) is 0 Å². The van der Waals surface area contributed by atoms with Crippen LogP contribution < -0.4 is 5.73 Å². The number of primary amides is 1. The fourth-order valence-electron chi connectivity index (χ4n) is 3.19. The van der Waals surface area contributed by atoms with Crippen LogP contribution in [-0.4, -0.2) is 15.0 Å². The molecule has 1 aliphatic rings. The fourth-order valence-corrected chi connectivity index (χ4v) is 3.83. The summed E-state index contributed by atoms with van der Waals surface area (Å²) in [6.07, 6.45) is 0.468. The van der Waals surface area contributed by atoms with Crippen molar-refractivity contribution in [3.8, 4) is 0 Å². The van der Waals surface area contributed by atoms with E-state index in [1.165, 1.54) is 12.1 Å². The second kappa shape index (κ2) is 5.83. The van der Waals surface area contributed by atoms with Crippen molar-refractivity contribution in [2.24, 2.45) is 12.8 Å². The zero-order chi connectivity index (χ0) is 16.9. The minimum Gasteiger partial charge on any atom is -0.369 e. The first-order valence-electron chi connectivity index (χ1n) is 7.00. The van der Waals surface area contributed by atoms with Gasteiger partial charge in [-0.2, -0.15) is 0 Å². The van der Waals surface area contributed by atoms with E-state index in [2.05, 4.69) is 15.9 Å². The smallest absolute Gasteiger partial charge is 0.223 e. The Morgan fingerprint density at radius 2 is 2.17 bits per heavy atom. The number of hydrogen-bond donors (Lipinski definition) is 1. The van der Waals surface area contributed by atoms with Crippen LogP contribution in [0.4, 0.5) is 8.78 Å². The minimum atomic E-state index is -0.590. The highest BCUT2D eigenvalue weighted by Crippen LogP contribution is 2.37. The number of rotatable bonds is 3. The summed E-state index contributed by atoms with van der Waals surface area (Å²) < 4.78 is 32.8. The Morgan fingerprint density at radius 1 is 1.48 bits per heavy atom. The molecular weight excluding hydrogens is 388 g/mol. The highest BCUT2D eigenvalue weighted by Gasteiger charge is 2.32. The maximum Gasteiger partial charge on any atom is 0.223 e. The highest BCUT2D eigenvalue weighted by molar-refractivity contribution is 9.10. The van der Waals surface area contributed by atoms with Crippen molar-refractivity contribution in [1.29, 1.82) is 0 Å². The number of nitrogens with zero attached hydrogens (tertiary/aromatic N) is 2. The van der Waals surface area contributed by atoms with E-state index >= 15 is 0 Å². The number of nitrogens with two attached hydrogens (primary N) is 1. The summed E-state index contributed by atoms with van der Waals surface area (Å²) in [6, 6.07) is 2.59. The highest BCUT2D eigenvalue weighted by atomic mass is 79.9. The van der Waals surface area contributed by atoms with E-state index in [4.69, 9.17) is 18.0 Å². The summed E-state index contributed by atoms with van der Waals surface area (Å²) >= 11 is 8.46. The van der Waals surface area contributed by atoms with E-state index in [1.807, 2.05) is 4.57 Å². The van der Waals surface area contributed by atoms with Crippen molar-refractivity contribution in [2.75, 3.05) is 0 Å². The van der Waals surface area contributed by atoms with Gasteiger partial charge in [0.05, 0.1) is 10.9 Å². The molecule has 0 saturated carbocycles. The Balaban J connectivity index is 2.05. The number of hydrogen-bond acceptors (Lipinski definition) is 2.